The Balaban J connectivity index is 2.57. The lowest BCUT2D eigenvalue weighted by Gasteiger charge is -1.86. The van der Waals surface area contributed by atoms with Crippen LogP contribution >= 0.6 is 34.7 Å². The molecule has 1 heterocycles. The summed E-state index contributed by atoms with van der Waals surface area (Å²) >= 11 is 8.38. The Kier molecular flexibility index (Phi) is 2.40. The van der Waals surface area contributed by atoms with Gasteiger partial charge in [0.2, 0.25) is 0 Å². The highest BCUT2D eigenvalue weighted by Gasteiger charge is 2.03. The maximum atomic E-state index is 8.45. The Morgan fingerprint density at radius 2 is 2.38 bits per heavy atom. The van der Waals surface area contributed by atoms with Gasteiger partial charge in [-0.25, -0.2) is 4.98 Å². The van der Waals surface area contributed by atoms with E-state index >= 15 is 0 Å². The fraction of sp³-hybridized carbons (Fsp3) is 0. The lowest BCUT2D eigenvalue weighted by molar-refractivity contribution is 1.31. The summed E-state index contributed by atoms with van der Waals surface area (Å²) in [4.78, 5) is 4.24. The van der Waals surface area contributed by atoms with Crippen molar-refractivity contribution in [1.82, 2.24) is 4.98 Å². The number of aromatic nitrogens is 1. The van der Waals surface area contributed by atoms with E-state index in [-0.39, 0.29) is 0 Å². The predicted molar refractivity (Wildman–Crippen MR) is 56.1 cm³/mol. The van der Waals surface area contributed by atoms with E-state index in [0.29, 0.717) is 5.02 Å². The molecule has 0 N–H and O–H groups in total. The van der Waals surface area contributed by atoms with Gasteiger partial charge in [0.1, 0.15) is 5.40 Å². The molecule has 5 heteroatoms. The number of thiocyanates is 1. The summed E-state index contributed by atoms with van der Waals surface area (Å²) in [7, 11) is 0. The minimum atomic E-state index is 0.673. The molecule has 0 atom stereocenters. The van der Waals surface area contributed by atoms with Gasteiger partial charge in [-0.05, 0) is 18.2 Å². The largest absolute Gasteiger partial charge is 0.229 e. The summed E-state index contributed by atoms with van der Waals surface area (Å²) in [6.07, 6.45) is 0. The Hall–Kier alpha value is -0.760. The predicted octanol–water partition coefficient (Wildman–Crippen LogP) is 3.52. The van der Waals surface area contributed by atoms with E-state index in [2.05, 4.69) is 4.98 Å². The van der Waals surface area contributed by atoms with Crippen molar-refractivity contribution in [3.63, 3.8) is 0 Å². The van der Waals surface area contributed by atoms with E-state index < -0.39 is 0 Å². The molecule has 0 bridgehead atoms. The van der Waals surface area contributed by atoms with Crippen molar-refractivity contribution in [3.8, 4) is 5.40 Å². The number of thiazole rings is 1. The molecule has 0 saturated heterocycles. The van der Waals surface area contributed by atoms with Crippen LogP contribution in [0.4, 0.5) is 0 Å². The molecule has 13 heavy (non-hydrogen) atoms. The van der Waals surface area contributed by atoms with Crippen molar-refractivity contribution in [2.75, 3.05) is 0 Å². The maximum absolute atomic E-state index is 8.45. The SMILES string of the molecule is N#CSc1nc2cc(Cl)ccc2s1. The Morgan fingerprint density at radius 1 is 1.54 bits per heavy atom. The van der Waals surface area contributed by atoms with Crippen molar-refractivity contribution < 1.29 is 0 Å². The van der Waals surface area contributed by atoms with Gasteiger partial charge in [-0.3, -0.25) is 0 Å². The van der Waals surface area contributed by atoms with Gasteiger partial charge in [0.25, 0.3) is 0 Å². The molecule has 0 amide bonds. The topological polar surface area (TPSA) is 36.7 Å². The van der Waals surface area contributed by atoms with Gasteiger partial charge < -0.3 is 0 Å². The highest BCUT2D eigenvalue weighted by atomic mass is 35.5. The summed E-state index contributed by atoms with van der Waals surface area (Å²) in [5.41, 5.74) is 0.857. The molecule has 1 aromatic carbocycles. The zero-order valence-corrected chi connectivity index (χ0v) is 8.71. The first-order chi connectivity index (χ1) is 6.29. The zero-order chi connectivity index (χ0) is 9.26. The Bertz CT molecular complexity index is 486. The quantitative estimate of drug-likeness (QED) is 0.552. The first-order valence-electron chi connectivity index (χ1n) is 3.41. The van der Waals surface area contributed by atoms with Crippen LogP contribution in [0.15, 0.2) is 22.5 Å². The van der Waals surface area contributed by atoms with Gasteiger partial charge in [0.05, 0.1) is 10.2 Å². The summed E-state index contributed by atoms with van der Waals surface area (Å²) < 4.78 is 1.82. The number of hydrogen-bond donors (Lipinski definition) is 0. The van der Waals surface area contributed by atoms with Crippen LogP contribution in [0.2, 0.25) is 5.02 Å². The molecular weight excluding hydrogens is 224 g/mol. The van der Waals surface area contributed by atoms with Crippen molar-refractivity contribution in [3.05, 3.63) is 23.2 Å². The molecule has 1 aromatic heterocycles. The second-order valence-electron chi connectivity index (χ2n) is 2.29. The number of hydrogen-bond acceptors (Lipinski definition) is 4. The fourth-order valence-electron chi connectivity index (χ4n) is 0.962. The second-order valence-corrected chi connectivity index (χ2v) is 4.78. The molecule has 0 aliphatic rings. The molecule has 64 valence electrons. The van der Waals surface area contributed by atoms with E-state index in [1.54, 1.807) is 6.07 Å². The highest BCUT2D eigenvalue weighted by Crippen LogP contribution is 2.30. The monoisotopic (exact) mass is 226 g/mol. The minimum absolute atomic E-state index is 0.673. The lowest BCUT2D eigenvalue weighted by atomic mass is 10.3. The molecule has 2 nitrogen and oxygen atoms in total. The third-order valence-electron chi connectivity index (χ3n) is 1.46. The molecule has 0 spiro atoms. The van der Waals surface area contributed by atoms with Crippen LogP contribution in [0.5, 0.6) is 0 Å². The van der Waals surface area contributed by atoms with Crippen LogP contribution in [0.1, 0.15) is 0 Å². The average molecular weight is 227 g/mol. The smallest absolute Gasteiger partial charge is 0.165 e. The van der Waals surface area contributed by atoms with Crippen molar-refractivity contribution in [2.24, 2.45) is 0 Å². The lowest BCUT2D eigenvalue weighted by Crippen LogP contribution is -1.67. The van der Waals surface area contributed by atoms with Crippen molar-refractivity contribution >= 4 is 44.9 Å². The number of rotatable bonds is 1. The molecule has 0 aliphatic carbocycles. The van der Waals surface area contributed by atoms with Gasteiger partial charge in [-0.1, -0.05) is 11.6 Å². The van der Waals surface area contributed by atoms with Crippen molar-refractivity contribution in [2.45, 2.75) is 4.34 Å². The molecule has 0 aliphatic heterocycles. The molecule has 0 radical (unpaired) electrons. The van der Waals surface area contributed by atoms with Crippen LogP contribution < -0.4 is 0 Å². The van der Waals surface area contributed by atoms with Crippen LogP contribution in [0.25, 0.3) is 10.2 Å². The van der Waals surface area contributed by atoms with Crippen LogP contribution in [-0.2, 0) is 0 Å². The minimum Gasteiger partial charge on any atom is -0.229 e. The molecule has 2 aromatic rings. The second kappa shape index (κ2) is 3.54. The standard InChI is InChI=1S/C8H3ClN2S2/c9-5-1-2-7-6(3-5)11-8(13-7)12-4-10/h1-3H. The van der Waals surface area contributed by atoms with Gasteiger partial charge in [-0.2, -0.15) is 5.26 Å². The van der Waals surface area contributed by atoms with Crippen LogP contribution in [0.3, 0.4) is 0 Å². The summed E-state index contributed by atoms with van der Waals surface area (Å²) in [6.45, 7) is 0. The summed E-state index contributed by atoms with van der Waals surface area (Å²) in [6, 6.07) is 5.54. The fourth-order valence-corrected chi connectivity index (χ4v) is 2.58. The normalized spacial score (nSPS) is 10.2. The van der Waals surface area contributed by atoms with Gasteiger partial charge in [-0.15, -0.1) is 11.3 Å². The first-order valence-corrected chi connectivity index (χ1v) is 5.43. The zero-order valence-electron chi connectivity index (χ0n) is 6.32. The number of nitriles is 1. The molecule has 2 rings (SSSR count). The number of fused-ring (bicyclic) bond motifs is 1. The van der Waals surface area contributed by atoms with Crippen LogP contribution in [0, 0.1) is 10.7 Å². The van der Waals surface area contributed by atoms with E-state index in [4.69, 9.17) is 16.9 Å². The number of nitrogens with zero attached hydrogens (tertiary/aromatic N) is 2. The molecule has 0 unspecified atom stereocenters. The Labute approximate surface area is 88.2 Å². The maximum Gasteiger partial charge on any atom is 0.165 e. The van der Waals surface area contributed by atoms with Crippen LogP contribution in [-0.4, -0.2) is 4.98 Å². The summed E-state index contributed by atoms with van der Waals surface area (Å²) in [5, 5.41) is 11.1. The van der Waals surface area contributed by atoms with Crippen molar-refractivity contribution in [1.29, 1.82) is 5.26 Å². The van der Waals surface area contributed by atoms with E-state index in [0.717, 1.165) is 26.3 Å². The number of benzene rings is 1. The summed E-state index contributed by atoms with van der Waals surface area (Å²) in [5.74, 6) is 0. The van der Waals surface area contributed by atoms with Gasteiger partial charge in [0.15, 0.2) is 4.34 Å². The Morgan fingerprint density at radius 3 is 3.15 bits per heavy atom. The van der Waals surface area contributed by atoms with Gasteiger partial charge in [0, 0.05) is 16.8 Å². The molecular formula is C8H3ClN2S2. The third-order valence-corrected chi connectivity index (χ3v) is 3.39. The van der Waals surface area contributed by atoms with E-state index in [1.165, 1.54) is 11.3 Å². The third kappa shape index (κ3) is 1.78. The molecule has 0 fully saturated rings. The first kappa shape index (κ1) is 8.82. The van der Waals surface area contributed by atoms with E-state index in [9.17, 15) is 0 Å². The molecule has 0 saturated carbocycles. The average Bonchev–Trinajstić information content (AvgIpc) is 2.46. The number of thioether (sulfide) groups is 1. The number of halogens is 1. The highest BCUT2D eigenvalue weighted by molar-refractivity contribution is 8.05. The van der Waals surface area contributed by atoms with Gasteiger partial charge >= 0.3 is 0 Å². The van der Waals surface area contributed by atoms with E-state index in [1.807, 2.05) is 17.5 Å².